The molecule has 0 aliphatic carbocycles. The Bertz CT molecular complexity index is 419. The normalized spacial score (nSPS) is 19.9. The number of hydrogen-bond donors (Lipinski definition) is 2. The van der Waals surface area contributed by atoms with Crippen LogP contribution in [0.5, 0.6) is 0 Å². The van der Waals surface area contributed by atoms with E-state index < -0.39 is 6.10 Å². The van der Waals surface area contributed by atoms with E-state index in [9.17, 15) is 4.79 Å². The molecule has 92 valence electrons. The number of carbonyl (C=O) groups excluding carboxylic acids is 1. The van der Waals surface area contributed by atoms with Gasteiger partial charge in [-0.05, 0) is 18.2 Å². The summed E-state index contributed by atoms with van der Waals surface area (Å²) in [6.45, 7) is 1.19. The van der Waals surface area contributed by atoms with Crippen LogP contribution in [0, 0.1) is 0 Å². The molecule has 5 nitrogen and oxygen atoms in total. The molecular weight excluding hydrogens is 244 g/mol. The highest BCUT2D eigenvalue weighted by molar-refractivity contribution is 6.31. The minimum absolute atomic E-state index is 0.256. The smallest absolute Gasteiger partial charge is 0.255 e. The monoisotopic (exact) mass is 256 g/mol. The van der Waals surface area contributed by atoms with Crippen molar-refractivity contribution < 1.29 is 14.3 Å². The zero-order valence-corrected chi connectivity index (χ0v) is 9.87. The first-order chi connectivity index (χ1) is 8.16. The van der Waals surface area contributed by atoms with E-state index in [4.69, 9.17) is 26.8 Å². The molecule has 1 aromatic carbocycles. The summed E-state index contributed by atoms with van der Waals surface area (Å²) in [6.07, 6.45) is -0.595. The number of hydrogen-bond acceptors (Lipinski definition) is 4. The van der Waals surface area contributed by atoms with Crippen molar-refractivity contribution >= 4 is 28.9 Å². The second kappa shape index (κ2) is 5.35. The average Bonchev–Trinajstić information content (AvgIpc) is 2.35. The van der Waals surface area contributed by atoms with Gasteiger partial charge in [0.25, 0.3) is 5.91 Å². The molecular formula is C11H13ClN2O3. The Hall–Kier alpha value is -1.30. The molecule has 1 unspecified atom stereocenters. The van der Waals surface area contributed by atoms with Gasteiger partial charge in [0, 0.05) is 5.02 Å². The molecule has 0 radical (unpaired) electrons. The molecule has 0 aromatic heterocycles. The van der Waals surface area contributed by atoms with Crippen LogP contribution >= 0.6 is 11.6 Å². The van der Waals surface area contributed by atoms with E-state index in [0.29, 0.717) is 29.6 Å². The van der Waals surface area contributed by atoms with Crippen LogP contribution < -0.4 is 11.1 Å². The number of halogens is 1. The molecule has 0 saturated carbocycles. The van der Waals surface area contributed by atoms with Crippen LogP contribution in [0.25, 0.3) is 0 Å². The van der Waals surface area contributed by atoms with E-state index in [1.54, 1.807) is 18.2 Å². The maximum absolute atomic E-state index is 11.8. The van der Waals surface area contributed by atoms with E-state index in [-0.39, 0.29) is 12.5 Å². The summed E-state index contributed by atoms with van der Waals surface area (Å²) < 4.78 is 10.4. The third kappa shape index (κ3) is 3.09. The predicted molar refractivity (Wildman–Crippen MR) is 65.1 cm³/mol. The second-order valence-electron chi connectivity index (χ2n) is 3.66. The first-order valence-electron chi connectivity index (χ1n) is 5.22. The van der Waals surface area contributed by atoms with Gasteiger partial charge in [-0.2, -0.15) is 0 Å². The highest BCUT2D eigenvalue weighted by atomic mass is 35.5. The lowest BCUT2D eigenvalue weighted by molar-refractivity contribution is -0.142. The third-order valence-corrected chi connectivity index (χ3v) is 2.62. The summed E-state index contributed by atoms with van der Waals surface area (Å²) in [5.74, 6) is -0.279. The van der Waals surface area contributed by atoms with Gasteiger partial charge >= 0.3 is 0 Å². The summed E-state index contributed by atoms with van der Waals surface area (Å²) in [7, 11) is 0. The van der Waals surface area contributed by atoms with E-state index in [1.807, 2.05) is 0 Å². The first kappa shape index (κ1) is 12.2. The van der Waals surface area contributed by atoms with Crippen molar-refractivity contribution in [3.8, 4) is 0 Å². The van der Waals surface area contributed by atoms with Crippen LogP contribution in [0.2, 0.25) is 5.02 Å². The molecule has 1 aliphatic rings. The number of nitrogens with one attached hydrogen (secondary N) is 1. The van der Waals surface area contributed by atoms with Crippen molar-refractivity contribution in [2.75, 3.05) is 30.9 Å². The lowest BCUT2D eigenvalue weighted by Crippen LogP contribution is -2.39. The Kier molecular flexibility index (Phi) is 3.83. The number of anilines is 2. The Labute approximate surface area is 104 Å². The fourth-order valence-corrected chi connectivity index (χ4v) is 1.66. The fourth-order valence-electron chi connectivity index (χ4n) is 1.49. The second-order valence-corrected chi connectivity index (χ2v) is 4.09. The van der Waals surface area contributed by atoms with Crippen LogP contribution in [0.15, 0.2) is 18.2 Å². The van der Waals surface area contributed by atoms with Crippen molar-refractivity contribution in [1.82, 2.24) is 0 Å². The SMILES string of the molecule is Nc1ccc(Cl)cc1NC(=O)C1COCCO1. The predicted octanol–water partition coefficient (Wildman–Crippen LogP) is 1.28. The van der Waals surface area contributed by atoms with Gasteiger partial charge in [-0.15, -0.1) is 0 Å². The fraction of sp³-hybridized carbons (Fsp3) is 0.364. The number of ether oxygens (including phenoxy) is 2. The van der Waals surface area contributed by atoms with Gasteiger partial charge in [0.1, 0.15) is 0 Å². The molecule has 6 heteroatoms. The van der Waals surface area contributed by atoms with Crippen molar-refractivity contribution in [2.24, 2.45) is 0 Å². The number of carbonyl (C=O) groups is 1. The maximum atomic E-state index is 11.8. The Morgan fingerprint density at radius 1 is 1.47 bits per heavy atom. The van der Waals surface area contributed by atoms with Gasteiger partial charge in [-0.1, -0.05) is 11.6 Å². The number of nitrogen functional groups attached to an aromatic ring is 1. The number of rotatable bonds is 2. The first-order valence-corrected chi connectivity index (χ1v) is 5.60. The minimum Gasteiger partial charge on any atom is -0.397 e. The molecule has 0 spiro atoms. The summed E-state index contributed by atoms with van der Waals surface area (Å²) in [5.41, 5.74) is 6.66. The Balaban J connectivity index is 2.04. The van der Waals surface area contributed by atoms with Crippen LogP contribution in [0.1, 0.15) is 0 Å². The Morgan fingerprint density at radius 2 is 2.29 bits per heavy atom. The maximum Gasteiger partial charge on any atom is 0.255 e. The Morgan fingerprint density at radius 3 is 3.00 bits per heavy atom. The molecule has 1 amide bonds. The number of amides is 1. The molecule has 3 N–H and O–H groups in total. The average molecular weight is 257 g/mol. The molecule has 1 saturated heterocycles. The highest BCUT2D eigenvalue weighted by Crippen LogP contribution is 2.23. The summed E-state index contributed by atoms with van der Waals surface area (Å²) in [4.78, 5) is 11.8. The van der Waals surface area contributed by atoms with Gasteiger partial charge < -0.3 is 20.5 Å². The number of nitrogens with two attached hydrogens (primary N) is 1. The van der Waals surface area contributed by atoms with E-state index in [2.05, 4.69) is 5.32 Å². The van der Waals surface area contributed by atoms with Crippen molar-refractivity contribution in [3.05, 3.63) is 23.2 Å². The zero-order chi connectivity index (χ0) is 12.3. The van der Waals surface area contributed by atoms with Crippen molar-refractivity contribution in [3.63, 3.8) is 0 Å². The van der Waals surface area contributed by atoms with Gasteiger partial charge in [-0.3, -0.25) is 4.79 Å². The molecule has 0 bridgehead atoms. The van der Waals surface area contributed by atoms with Crippen molar-refractivity contribution in [2.45, 2.75) is 6.10 Å². The molecule has 2 rings (SSSR count). The molecule has 1 atom stereocenters. The van der Waals surface area contributed by atoms with Gasteiger partial charge in [0.05, 0.1) is 31.2 Å². The minimum atomic E-state index is -0.595. The number of benzene rings is 1. The summed E-state index contributed by atoms with van der Waals surface area (Å²) in [6, 6.07) is 4.89. The molecule has 1 fully saturated rings. The highest BCUT2D eigenvalue weighted by Gasteiger charge is 2.23. The van der Waals surface area contributed by atoms with E-state index >= 15 is 0 Å². The molecule has 1 aliphatic heterocycles. The van der Waals surface area contributed by atoms with Gasteiger partial charge in [0.15, 0.2) is 6.10 Å². The summed E-state index contributed by atoms with van der Waals surface area (Å²) >= 11 is 5.82. The van der Waals surface area contributed by atoms with Crippen LogP contribution in [0.3, 0.4) is 0 Å². The van der Waals surface area contributed by atoms with Crippen molar-refractivity contribution in [1.29, 1.82) is 0 Å². The third-order valence-electron chi connectivity index (χ3n) is 2.38. The van der Waals surface area contributed by atoms with E-state index in [0.717, 1.165) is 0 Å². The van der Waals surface area contributed by atoms with Gasteiger partial charge in [-0.25, -0.2) is 0 Å². The topological polar surface area (TPSA) is 73.6 Å². The molecule has 1 heterocycles. The quantitative estimate of drug-likeness (QED) is 0.782. The largest absolute Gasteiger partial charge is 0.397 e. The lowest BCUT2D eigenvalue weighted by atomic mass is 10.2. The summed E-state index contributed by atoms with van der Waals surface area (Å²) in [5, 5.41) is 3.18. The standard InChI is InChI=1S/C11H13ClN2O3/c12-7-1-2-8(13)9(5-7)14-11(15)10-6-16-3-4-17-10/h1-2,5,10H,3-4,6,13H2,(H,14,15). The molecule has 1 aromatic rings. The molecule has 17 heavy (non-hydrogen) atoms. The lowest BCUT2D eigenvalue weighted by Gasteiger charge is -2.22. The van der Waals surface area contributed by atoms with Crippen LogP contribution in [0.4, 0.5) is 11.4 Å². The zero-order valence-electron chi connectivity index (χ0n) is 9.11. The van der Waals surface area contributed by atoms with Crippen LogP contribution in [-0.4, -0.2) is 31.8 Å². The van der Waals surface area contributed by atoms with Crippen LogP contribution in [-0.2, 0) is 14.3 Å². The van der Waals surface area contributed by atoms with Gasteiger partial charge in [0.2, 0.25) is 0 Å². The van der Waals surface area contributed by atoms with E-state index in [1.165, 1.54) is 0 Å².